The highest BCUT2D eigenvalue weighted by molar-refractivity contribution is 7.16. The number of amides is 1. The second-order valence-corrected chi connectivity index (χ2v) is 7.29. The predicted molar refractivity (Wildman–Crippen MR) is 111 cm³/mol. The minimum absolute atomic E-state index is 0.0166. The smallest absolute Gasteiger partial charge is 0.341 e. The van der Waals surface area contributed by atoms with Crippen LogP contribution in [-0.4, -0.2) is 36.0 Å². The number of hydrogen-bond donors (Lipinski definition) is 2. The molecule has 0 fully saturated rings. The highest BCUT2D eigenvalue weighted by Gasteiger charge is 2.24. The number of aryl methyl sites for hydroxylation is 1. The summed E-state index contributed by atoms with van der Waals surface area (Å²) in [6, 6.07) is 3.34. The first-order valence-corrected chi connectivity index (χ1v) is 9.81. The van der Waals surface area contributed by atoms with Crippen LogP contribution < -0.4 is 11.1 Å². The van der Waals surface area contributed by atoms with Crippen LogP contribution in [0, 0.1) is 17.0 Å². The number of nitrogens with zero attached hydrogens (tertiary/aromatic N) is 1. The predicted octanol–water partition coefficient (Wildman–Crippen LogP) is 3.08. The number of thiophene rings is 1. The van der Waals surface area contributed by atoms with Gasteiger partial charge < -0.3 is 20.5 Å². The highest BCUT2D eigenvalue weighted by atomic mass is 32.1. The van der Waals surface area contributed by atoms with Crippen LogP contribution in [0.1, 0.15) is 45.0 Å². The number of nitrogen functional groups attached to an aromatic ring is 1. The summed E-state index contributed by atoms with van der Waals surface area (Å²) < 4.78 is 9.99. The fourth-order valence-corrected chi connectivity index (χ4v) is 3.87. The zero-order chi connectivity index (χ0) is 22.4. The Morgan fingerprint density at radius 1 is 1.20 bits per heavy atom. The van der Waals surface area contributed by atoms with Crippen LogP contribution in [0.3, 0.4) is 0 Å². The number of nitrogens with two attached hydrogens (primary N) is 1. The molecule has 3 N–H and O–H groups in total. The summed E-state index contributed by atoms with van der Waals surface area (Å²) in [4.78, 5) is 47.8. The van der Waals surface area contributed by atoms with Gasteiger partial charge in [0.25, 0.3) is 11.6 Å². The van der Waals surface area contributed by atoms with Crippen molar-refractivity contribution in [2.45, 2.75) is 27.2 Å². The molecule has 0 spiro atoms. The minimum Gasteiger partial charge on any atom is -0.462 e. The maximum absolute atomic E-state index is 12.3. The third-order valence-corrected chi connectivity index (χ3v) is 5.16. The Morgan fingerprint density at radius 2 is 1.90 bits per heavy atom. The third-order valence-electron chi connectivity index (χ3n) is 4.10. The molecule has 0 radical (unpaired) electrons. The number of carbonyl (C=O) groups is 3. The summed E-state index contributed by atoms with van der Waals surface area (Å²) in [5.41, 5.74) is 6.15. The fourth-order valence-electron chi connectivity index (χ4n) is 2.72. The van der Waals surface area contributed by atoms with Gasteiger partial charge in [-0.2, -0.15) is 0 Å². The molecular weight excluding hydrogens is 414 g/mol. The van der Waals surface area contributed by atoms with E-state index in [9.17, 15) is 24.5 Å². The standard InChI is InChI=1S/C19H21N3O7S/c1-4-12-10(3)30-17(16(12)19(25)28-5-2)21-15(23)9-29-18(24)13-8-11(22(26)27)6-7-14(13)20/h6-8H,4-5,9,20H2,1-3H3,(H,21,23). The zero-order valence-corrected chi connectivity index (χ0v) is 17.5. The normalized spacial score (nSPS) is 10.4. The van der Waals surface area contributed by atoms with Crippen LogP contribution in [0.25, 0.3) is 0 Å². The number of nitrogens with one attached hydrogen (secondary N) is 1. The quantitative estimate of drug-likeness (QED) is 0.278. The van der Waals surface area contributed by atoms with Crippen molar-refractivity contribution in [3.63, 3.8) is 0 Å². The first-order valence-electron chi connectivity index (χ1n) is 8.99. The molecule has 0 saturated heterocycles. The van der Waals surface area contributed by atoms with E-state index in [-0.39, 0.29) is 29.1 Å². The second kappa shape index (κ2) is 9.83. The van der Waals surface area contributed by atoms with E-state index in [1.807, 2.05) is 13.8 Å². The Morgan fingerprint density at radius 3 is 2.50 bits per heavy atom. The van der Waals surface area contributed by atoms with Gasteiger partial charge in [0.05, 0.1) is 22.7 Å². The molecule has 1 aromatic carbocycles. The van der Waals surface area contributed by atoms with Crippen molar-refractivity contribution in [2.24, 2.45) is 0 Å². The molecule has 30 heavy (non-hydrogen) atoms. The molecule has 160 valence electrons. The molecule has 0 unspecified atom stereocenters. The molecule has 0 bridgehead atoms. The fraction of sp³-hybridized carbons (Fsp3) is 0.316. The van der Waals surface area contributed by atoms with Crippen molar-refractivity contribution in [3.8, 4) is 0 Å². The van der Waals surface area contributed by atoms with E-state index in [0.717, 1.165) is 22.6 Å². The van der Waals surface area contributed by atoms with Crippen LogP contribution in [-0.2, 0) is 20.7 Å². The molecule has 0 aliphatic heterocycles. The van der Waals surface area contributed by atoms with E-state index in [1.54, 1.807) is 6.92 Å². The number of benzene rings is 1. The summed E-state index contributed by atoms with van der Waals surface area (Å²) in [6.45, 7) is 4.91. The van der Waals surface area contributed by atoms with E-state index in [0.29, 0.717) is 11.4 Å². The maximum Gasteiger partial charge on any atom is 0.341 e. The summed E-state index contributed by atoms with van der Waals surface area (Å²) >= 11 is 1.22. The number of non-ortho nitro benzene ring substituents is 1. The summed E-state index contributed by atoms with van der Waals surface area (Å²) in [6.07, 6.45) is 0.577. The van der Waals surface area contributed by atoms with Crippen LogP contribution in [0.5, 0.6) is 0 Å². The van der Waals surface area contributed by atoms with E-state index in [2.05, 4.69) is 5.32 Å². The van der Waals surface area contributed by atoms with E-state index in [4.69, 9.17) is 15.2 Å². The van der Waals surface area contributed by atoms with Crippen molar-refractivity contribution in [2.75, 3.05) is 24.3 Å². The molecular formula is C19H21N3O7S. The van der Waals surface area contributed by atoms with Crippen LogP contribution in [0.15, 0.2) is 18.2 Å². The lowest BCUT2D eigenvalue weighted by Crippen LogP contribution is -2.22. The largest absolute Gasteiger partial charge is 0.462 e. The monoisotopic (exact) mass is 435 g/mol. The van der Waals surface area contributed by atoms with Gasteiger partial charge in [-0.1, -0.05) is 6.92 Å². The molecule has 0 aliphatic carbocycles. The van der Waals surface area contributed by atoms with Crippen LogP contribution in [0.4, 0.5) is 16.4 Å². The number of nitro benzene ring substituents is 1. The molecule has 10 nitrogen and oxygen atoms in total. The van der Waals surface area contributed by atoms with Gasteiger partial charge >= 0.3 is 11.9 Å². The average molecular weight is 435 g/mol. The van der Waals surface area contributed by atoms with Gasteiger partial charge in [-0.15, -0.1) is 11.3 Å². The molecule has 1 aromatic heterocycles. The van der Waals surface area contributed by atoms with Crippen molar-refractivity contribution >= 4 is 45.6 Å². The Labute approximate surface area is 176 Å². The van der Waals surface area contributed by atoms with Gasteiger partial charge in [-0.3, -0.25) is 14.9 Å². The highest BCUT2D eigenvalue weighted by Crippen LogP contribution is 2.34. The van der Waals surface area contributed by atoms with Crippen molar-refractivity contribution in [1.29, 1.82) is 0 Å². The van der Waals surface area contributed by atoms with Crippen molar-refractivity contribution < 1.29 is 28.8 Å². The van der Waals surface area contributed by atoms with Crippen molar-refractivity contribution in [3.05, 3.63) is 49.9 Å². The van der Waals surface area contributed by atoms with Gasteiger partial charge in [-0.25, -0.2) is 9.59 Å². The van der Waals surface area contributed by atoms with Gasteiger partial charge in [-0.05, 0) is 31.9 Å². The number of rotatable bonds is 8. The van der Waals surface area contributed by atoms with E-state index >= 15 is 0 Å². The molecule has 11 heteroatoms. The lowest BCUT2D eigenvalue weighted by atomic mass is 10.1. The van der Waals surface area contributed by atoms with Gasteiger partial charge in [0, 0.05) is 22.7 Å². The summed E-state index contributed by atoms with van der Waals surface area (Å²) in [7, 11) is 0. The molecule has 2 rings (SSSR count). The number of esters is 2. The average Bonchev–Trinajstić information content (AvgIpc) is 3.01. The Bertz CT molecular complexity index is 1000. The topological polar surface area (TPSA) is 151 Å². The second-order valence-electron chi connectivity index (χ2n) is 6.07. The number of hydrogen-bond acceptors (Lipinski definition) is 9. The number of carbonyl (C=O) groups excluding carboxylic acids is 3. The van der Waals surface area contributed by atoms with Crippen LogP contribution >= 0.6 is 11.3 Å². The third kappa shape index (κ3) is 5.11. The van der Waals surface area contributed by atoms with E-state index < -0.39 is 29.4 Å². The van der Waals surface area contributed by atoms with Gasteiger partial charge in [0.1, 0.15) is 5.00 Å². The molecule has 2 aromatic rings. The Kier molecular flexibility index (Phi) is 7.48. The molecule has 0 aliphatic rings. The summed E-state index contributed by atoms with van der Waals surface area (Å²) in [5, 5.41) is 13.7. The molecule has 0 atom stereocenters. The molecule has 1 heterocycles. The number of anilines is 2. The van der Waals surface area contributed by atoms with Crippen molar-refractivity contribution in [1.82, 2.24) is 0 Å². The van der Waals surface area contributed by atoms with Crippen LogP contribution in [0.2, 0.25) is 0 Å². The lowest BCUT2D eigenvalue weighted by Gasteiger charge is -2.09. The SMILES string of the molecule is CCOC(=O)c1c(NC(=O)COC(=O)c2cc([N+](=O)[O-])ccc2N)sc(C)c1CC. The summed E-state index contributed by atoms with van der Waals surface area (Å²) in [5.74, 6) is -2.20. The van der Waals surface area contributed by atoms with Gasteiger partial charge in [0.2, 0.25) is 0 Å². The zero-order valence-electron chi connectivity index (χ0n) is 16.6. The number of nitro groups is 1. The maximum atomic E-state index is 12.3. The first-order chi connectivity index (χ1) is 14.2. The van der Waals surface area contributed by atoms with Gasteiger partial charge in [0.15, 0.2) is 6.61 Å². The Balaban J connectivity index is 2.12. The lowest BCUT2D eigenvalue weighted by molar-refractivity contribution is -0.384. The first kappa shape index (κ1) is 22.8. The van der Waals surface area contributed by atoms with E-state index in [1.165, 1.54) is 17.4 Å². The minimum atomic E-state index is -0.978. The Hall–Kier alpha value is -3.47. The molecule has 1 amide bonds. The number of ether oxygens (including phenoxy) is 2. The molecule has 0 saturated carbocycles.